The Morgan fingerprint density at radius 1 is 1.15 bits per heavy atom. The van der Waals surface area contributed by atoms with E-state index in [2.05, 4.69) is 21.2 Å². The molecular formula is C15H12BrF2NO. The molecule has 20 heavy (non-hydrogen) atoms. The summed E-state index contributed by atoms with van der Waals surface area (Å²) >= 11 is 3.12. The van der Waals surface area contributed by atoms with E-state index in [1.807, 2.05) is 0 Å². The van der Waals surface area contributed by atoms with Crippen LogP contribution >= 0.6 is 15.9 Å². The Kier molecular flexibility index (Phi) is 4.49. The zero-order valence-electron chi connectivity index (χ0n) is 10.7. The second kappa shape index (κ2) is 6.13. The number of rotatable bonds is 3. The van der Waals surface area contributed by atoms with Gasteiger partial charge in [-0.25, -0.2) is 8.78 Å². The quantitative estimate of drug-likeness (QED) is 0.900. The van der Waals surface area contributed by atoms with Crippen LogP contribution in [-0.2, 0) is 6.54 Å². The van der Waals surface area contributed by atoms with Gasteiger partial charge in [0.1, 0.15) is 11.6 Å². The van der Waals surface area contributed by atoms with Crippen LogP contribution < -0.4 is 5.32 Å². The Morgan fingerprint density at radius 3 is 2.55 bits per heavy atom. The molecule has 2 rings (SSSR count). The molecular weight excluding hydrogens is 328 g/mol. The van der Waals surface area contributed by atoms with Crippen LogP contribution in [0.3, 0.4) is 0 Å². The van der Waals surface area contributed by atoms with Crippen LogP contribution in [0.15, 0.2) is 40.9 Å². The molecule has 1 amide bonds. The van der Waals surface area contributed by atoms with E-state index in [-0.39, 0.29) is 17.9 Å². The van der Waals surface area contributed by atoms with Gasteiger partial charge in [-0.3, -0.25) is 4.79 Å². The Balaban J connectivity index is 2.06. The van der Waals surface area contributed by atoms with Gasteiger partial charge >= 0.3 is 0 Å². The number of carbonyl (C=O) groups is 1. The van der Waals surface area contributed by atoms with Crippen molar-refractivity contribution in [2.45, 2.75) is 13.5 Å². The van der Waals surface area contributed by atoms with Crippen LogP contribution in [0, 0.1) is 18.6 Å². The Bertz CT molecular complexity index is 658. The molecule has 0 aromatic heterocycles. The topological polar surface area (TPSA) is 29.1 Å². The average molecular weight is 340 g/mol. The van der Waals surface area contributed by atoms with Gasteiger partial charge in [0.2, 0.25) is 0 Å². The maximum Gasteiger partial charge on any atom is 0.254 e. The average Bonchev–Trinajstić information content (AvgIpc) is 2.40. The normalized spacial score (nSPS) is 10.4. The zero-order valence-corrected chi connectivity index (χ0v) is 12.3. The first kappa shape index (κ1) is 14.7. The predicted octanol–water partition coefficient (Wildman–Crippen LogP) is 3.97. The van der Waals surface area contributed by atoms with Gasteiger partial charge in [0.15, 0.2) is 0 Å². The Hall–Kier alpha value is -1.75. The number of aryl methyl sites for hydroxylation is 1. The van der Waals surface area contributed by atoms with Crippen LogP contribution in [0.25, 0.3) is 0 Å². The standard InChI is InChI=1S/C15H12BrF2NO/c1-9-2-3-10(6-13(9)17)8-19-15(20)12-5-4-11(16)7-14(12)18/h2-7H,8H2,1H3,(H,19,20). The largest absolute Gasteiger partial charge is 0.348 e. The van der Waals surface area contributed by atoms with Crippen LogP contribution in [0.2, 0.25) is 0 Å². The van der Waals surface area contributed by atoms with Crippen molar-refractivity contribution in [3.8, 4) is 0 Å². The summed E-state index contributed by atoms with van der Waals surface area (Å²) in [6.07, 6.45) is 0. The lowest BCUT2D eigenvalue weighted by atomic mass is 10.1. The molecule has 0 heterocycles. The van der Waals surface area contributed by atoms with Gasteiger partial charge in [-0.05, 0) is 42.3 Å². The van der Waals surface area contributed by atoms with Crippen LogP contribution in [0.1, 0.15) is 21.5 Å². The fourth-order valence-electron chi connectivity index (χ4n) is 1.70. The summed E-state index contributed by atoms with van der Waals surface area (Å²) in [5, 5.41) is 2.56. The van der Waals surface area contributed by atoms with Crippen LogP contribution in [-0.4, -0.2) is 5.91 Å². The molecule has 0 aliphatic carbocycles. The summed E-state index contributed by atoms with van der Waals surface area (Å²) in [4.78, 5) is 11.8. The van der Waals surface area contributed by atoms with E-state index < -0.39 is 11.7 Å². The molecule has 2 aromatic carbocycles. The first-order chi connectivity index (χ1) is 9.47. The maximum absolute atomic E-state index is 13.6. The van der Waals surface area contributed by atoms with E-state index >= 15 is 0 Å². The SMILES string of the molecule is Cc1ccc(CNC(=O)c2ccc(Br)cc2F)cc1F. The van der Waals surface area contributed by atoms with Gasteiger partial charge in [-0.15, -0.1) is 0 Å². The second-order valence-electron chi connectivity index (χ2n) is 4.39. The minimum Gasteiger partial charge on any atom is -0.348 e. The molecule has 0 saturated heterocycles. The number of carbonyl (C=O) groups excluding carboxylic acids is 1. The van der Waals surface area contributed by atoms with Crippen LogP contribution in [0.4, 0.5) is 8.78 Å². The van der Waals surface area contributed by atoms with Crippen molar-refractivity contribution in [1.82, 2.24) is 5.32 Å². The van der Waals surface area contributed by atoms with Gasteiger partial charge in [-0.2, -0.15) is 0 Å². The third-order valence-corrected chi connectivity index (χ3v) is 3.36. The summed E-state index contributed by atoms with van der Waals surface area (Å²) in [5.74, 6) is -1.46. The minimum absolute atomic E-state index is 0.0409. The molecule has 2 aromatic rings. The molecule has 2 nitrogen and oxygen atoms in total. The molecule has 104 valence electrons. The first-order valence-corrected chi connectivity index (χ1v) is 6.75. The summed E-state index contributed by atoms with van der Waals surface area (Å²) in [6.45, 7) is 1.81. The highest BCUT2D eigenvalue weighted by molar-refractivity contribution is 9.10. The molecule has 0 bridgehead atoms. The van der Waals surface area contributed by atoms with Gasteiger partial charge < -0.3 is 5.32 Å². The van der Waals surface area contributed by atoms with Gasteiger partial charge in [0, 0.05) is 11.0 Å². The van der Waals surface area contributed by atoms with E-state index in [0.717, 1.165) is 0 Å². The van der Waals surface area contributed by atoms with Crippen molar-refractivity contribution >= 4 is 21.8 Å². The number of benzene rings is 2. The van der Waals surface area contributed by atoms with E-state index in [4.69, 9.17) is 0 Å². The number of hydrogen-bond acceptors (Lipinski definition) is 1. The molecule has 0 fully saturated rings. The number of hydrogen-bond donors (Lipinski definition) is 1. The van der Waals surface area contributed by atoms with Gasteiger partial charge in [-0.1, -0.05) is 28.1 Å². The smallest absolute Gasteiger partial charge is 0.254 e. The summed E-state index contributed by atoms with van der Waals surface area (Å²) in [6, 6.07) is 8.91. The summed E-state index contributed by atoms with van der Waals surface area (Å²) < 4.78 is 27.5. The van der Waals surface area contributed by atoms with E-state index in [9.17, 15) is 13.6 Å². The lowest BCUT2D eigenvalue weighted by molar-refractivity contribution is 0.0947. The van der Waals surface area contributed by atoms with Crippen molar-refractivity contribution < 1.29 is 13.6 Å². The van der Waals surface area contributed by atoms with Gasteiger partial charge in [0.25, 0.3) is 5.91 Å². The third-order valence-electron chi connectivity index (χ3n) is 2.87. The number of nitrogens with one attached hydrogen (secondary N) is 1. The molecule has 0 radical (unpaired) electrons. The highest BCUT2D eigenvalue weighted by Gasteiger charge is 2.11. The monoisotopic (exact) mass is 339 g/mol. The molecule has 0 aliphatic heterocycles. The first-order valence-electron chi connectivity index (χ1n) is 5.95. The molecule has 0 unspecified atom stereocenters. The lowest BCUT2D eigenvalue weighted by Gasteiger charge is -2.07. The fraction of sp³-hybridized carbons (Fsp3) is 0.133. The lowest BCUT2D eigenvalue weighted by Crippen LogP contribution is -2.23. The maximum atomic E-state index is 13.6. The van der Waals surface area contributed by atoms with E-state index in [1.54, 1.807) is 25.1 Å². The van der Waals surface area contributed by atoms with E-state index in [1.165, 1.54) is 18.2 Å². The highest BCUT2D eigenvalue weighted by Crippen LogP contribution is 2.15. The third kappa shape index (κ3) is 3.42. The predicted molar refractivity (Wildman–Crippen MR) is 76.4 cm³/mol. The molecule has 1 N–H and O–H groups in total. The summed E-state index contributed by atoms with van der Waals surface area (Å²) in [5.41, 5.74) is 1.12. The van der Waals surface area contributed by atoms with Crippen molar-refractivity contribution in [3.63, 3.8) is 0 Å². The fourth-order valence-corrected chi connectivity index (χ4v) is 2.03. The van der Waals surface area contributed by atoms with Crippen LogP contribution in [0.5, 0.6) is 0 Å². The molecule has 0 aliphatic rings. The molecule has 5 heteroatoms. The Morgan fingerprint density at radius 2 is 1.90 bits per heavy atom. The van der Waals surface area contributed by atoms with Crippen molar-refractivity contribution in [2.75, 3.05) is 0 Å². The van der Waals surface area contributed by atoms with Crippen molar-refractivity contribution in [3.05, 3.63) is 69.2 Å². The minimum atomic E-state index is -0.605. The summed E-state index contributed by atoms with van der Waals surface area (Å²) in [7, 11) is 0. The number of halogens is 3. The van der Waals surface area contributed by atoms with Gasteiger partial charge in [0.05, 0.1) is 5.56 Å². The Labute approximate surface area is 123 Å². The molecule has 0 atom stereocenters. The molecule has 0 spiro atoms. The zero-order chi connectivity index (χ0) is 14.7. The van der Waals surface area contributed by atoms with Crippen molar-refractivity contribution in [2.24, 2.45) is 0 Å². The molecule has 0 saturated carbocycles. The second-order valence-corrected chi connectivity index (χ2v) is 5.31. The number of amides is 1. The van der Waals surface area contributed by atoms with E-state index in [0.29, 0.717) is 15.6 Å². The van der Waals surface area contributed by atoms with Crippen molar-refractivity contribution in [1.29, 1.82) is 0 Å². The highest BCUT2D eigenvalue weighted by atomic mass is 79.9.